The second-order valence-electron chi connectivity index (χ2n) is 19.3. The van der Waals surface area contributed by atoms with Gasteiger partial charge >= 0.3 is 0 Å². The highest BCUT2D eigenvalue weighted by atomic mass is 32.2. The molecule has 4 aliphatic rings. The summed E-state index contributed by atoms with van der Waals surface area (Å²) in [4.78, 5) is 135. The Hall–Kier alpha value is -5.86. The molecule has 4 aliphatic heterocycles. The largest absolute Gasteiger partial charge is 0.506 e. The molecule has 0 spiro atoms. The molecule has 2 fully saturated rings. The Morgan fingerprint density at radius 1 is 0.875 bits per heavy atom. The van der Waals surface area contributed by atoms with Crippen molar-refractivity contribution in [3.8, 4) is 5.75 Å². The second kappa shape index (κ2) is 24.7. The van der Waals surface area contributed by atoms with Gasteiger partial charge in [0.25, 0.3) is 0 Å². The SMILES string of the molecule is CC[C@H](C)[C@@H]1NC(=O)CNC(=O)[C@@H]2CC(=O)[C@H]([C@@H](C)[C@@H](O)CO)NC(=O)[C@@H]3C[C@@H](O)CN3C(=O)[C@H](CC(N)=O)CC(=O)[C@H](CSc3[nH]c4c(N5CCN(CCN)CC5)c(O)ccc4c3C2)NC(=O)CNC1=O. The molecule has 6 rings (SSSR count). The Labute approximate surface area is 420 Å². The predicted molar refractivity (Wildman–Crippen MR) is 262 cm³/mol. The summed E-state index contributed by atoms with van der Waals surface area (Å²) in [6, 6.07) is -2.57. The van der Waals surface area contributed by atoms with Crippen LogP contribution in [0.3, 0.4) is 0 Å². The molecule has 24 nitrogen and oxygen atoms in total. The summed E-state index contributed by atoms with van der Waals surface area (Å²) >= 11 is 1.04. The first kappa shape index (κ1) is 55.5. The minimum absolute atomic E-state index is 0.0723. The van der Waals surface area contributed by atoms with Crippen LogP contribution in [0.1, 0.15) is 58.4 Å². The van der Waals surface area contributed by atoms with Crippen LogP contribution in [-0.4, -0.2) is 196 Å². The molecule has 1 aromatic heterocycles. The number of aliphatic hydroxyl groups excluding tert-OH is 3. The molecule has 72 heavy (non-hydrogen) atoms. The van der Waals surface area contributed by atoms with E-state index in [1.807, 2.05) is 4.90 Å². The van der Waals surface area contributed by atoms with E-state index in [-0.39, 0.29) is 24.3 Å². The number of nitrogens with two attached hydrogens (primary N) is 2. The minimum atomic E-state index is -1.61. The fourth-order valence-electron chi connectivity index (χ4n) is 9.87. The number of carbonyl (C=O) groups is 9. The average molecular weight is 1030 g/mol. The van der Waals surface area contributed by atoms with Crippen molar-refractivity contribution in [1.82, 2.24) is 41.4 Å². The molecule has 1 aromatic carbocycles. The van der Waals surface area contributed by atoms with E-state index in [9.17, 15) is 63.6 Å². The molecule has 10 atom stereocenters. The number of H-pyrrole nitrogens is 1. The number of carbonyl (C=O) groups excluding carboxylic acids is 9. The lowest BCUT2D eigenvalue weighted by molar-refractivity contribution is -0.145. The number of piperazine rings is 1. The van der Waals surface area contributed by atoms with Crippen molar-refractivity contribution in [3.05, 3.63) is 17.7 Å². The van der Waals surface area contributed by atoms with E-state index in [0.29, 0.717) is 72.9 Å². The van der Waals surface area contributed by atoms with Crippen LogP contribution in [0.25, 0.3) is 10.9 Å². The number of anilines is 1. The van der Waals surface area contributed by atoms with Crippen molar-refractivity contribution in [1.29, 1.82) is 0 Å². The third-order valence-corrected chi connectivity index (χ3v) is 15.4. The Morgan fingerprint density at radius 2 is 1.56 bits per heavy atom. The highest BCUT2D eigenvalue weighted by Crippen LogP contribution is 2.42. The maximum Gasteiger partial charge on any atom is 0.243 e. The first-order chi connectivity index (χ1) is 34.2. The lowest BCUT2D eigenvalue weighted by Gasteiger charge is -2.36. The standard InChI is InChI=1S/C47H69N11O13S/c1-4-23(2)39-45(70)51-18-37(66)52-30-22-72-46-29(28-5-6-32(61)42(41(28)55-46)57-11-9-56(8-7-48)10-12-57)13-25(43(68)50-19-38(67)53-39)14-34(63)40(24(3)35(64)21-59)54-44(69)31-17-27(60)20-58(31)47(71)26(15-33(30)62)16-36(49)65/h5-6,23-27,30-31,35,39-40,55,59-61,64H,4,7-22,48H2,1-3H3,(H2,49,65)(H,50,68)(H,51,70)(H,52,66)(H,53,67)(H,54,69)/t23-,24-,25-,26-,27+,30-,31-,35-,39-,40-/m0/s1. The monoisotopic (exact) mass is 1030 g/mol. The number of aromatic nitrogens is 1. The molecule has 14 N–H and O–H groups in total. The lowest BCUT2D eigenvalue weighted by Crippen LogP contribution is -2.56. The van der Waals surface area contributed by atoms with Gasteiger partial charge in [0.1, 0.15) is 23.5 Å². The third-order valence-electron chi connectivity index (χ3n) is 14.2. The number of phenolic OH excluding ortho intramolecular Hbond substituents is 1. The van der Waals surface area contributed by atoms with E-state index >= 15 is 0 Å². The molecule has 2 saturated heterocycles. The minimum Gasteiger partial charge on any atom is -0.506 e. The molecule has 0 saturated carbocycles. The van der Waals surface area contributed by atoms with Gasteiger partial charge in [0.2, 0.25) is 41.4 Å². The summed E-state index contributed by atoms with van der Waals surface area (Å²) in [6.07, 6.45) is -5.02. The predicted octanol–water partition coefficient (Wildman–Crippen LogP) is -3.67. The van der Waals surface area contributed by atoms with Crippen LogP contribution in [0, 0.1) is 23.7 Å². The van der Waals surface area contributed by atoms with Gasteiger partial charge in [-0.05, 0) is 30.0 Å². The highest BCUT2D eigenvalue weighted by molar-refractivity contribution is 7.99. The molecule has 2 aromatic rings. The number of aliphatic hydroxyl groups is 3. The van der Waals surface area contributed by atoms with Crippen LogP contribution in [0.5, 0.6) is 5.75 Å². The first-order valence-corrected chi connectivity index (χ1v) is 25.5. The number of primary amides is 1. The van der Waals surface area contributed by atoms with Gasteiger partial charge in [-0.2, -0.15) is 0 Å². The number of rotatable bonds is 10. The number of benzene rings is 1. The number of hydrogen-bond donors (Lipinski definition) is 12. The van der Waals surface area contributed by atoms with Crippen LogP contribution in [0.4, 0.5) is 5.69 Å². The molecular weight excluding hydrogens is 959 g/mol. The van der Waals surface area contributed by atoms with Gasteiger partial charge in [0.15, 0.2) is 11.6 Å². The summed E-state index contributed by atoms with van der Waals surface area (Å²) < 4.78 is 0. The van der Waals surface area contributed by atoms with Crippen molar-refractivity contribution in [3.63, 3.8) is 0 Å². The fourth-order valence-corrected chi connectivity index (χ4v) is 11.0. The van der Waals surface area contributed by atoms with Crippen LogP contribution >= 0.6 is 11.8 Å². The van der Waals surface area contributed by atoms with Crippen LogP contribution in [0.2, 0.25) is 0 Å². The molecule has 0 aliphatic carbocycles. The van der Waals surface area contributed by atoms with E-state index in [4.69, 9.17) is 11.5 Å². The Bertz CT molecular complexity index is 2380. The molecule has 5 heterocycles. The molecule has 2 bridgehead atoms. The van der Waals surface area contributed by atoms with Gasteiger partial charge < -0.3 is 73.3 Å². The second-order valence-corrected chi connectivity index (χ2v) is 20.3. The number of aromatic hydroxyl groups is 1. The van der Waals surface area contributed by atoms with Crippen molar-refractivity contribution < 1.29 is 63.6 Å². The maximum atomic E-state index is 14.8. The zero-order valence-corrected chi connectivity index (χ0v) is 41.6. The number of nitrogens with zero attached hydrogens (tertiary/aromatic N) is 3. The first-order valence-electron chi connectivity index (χ1n) is 24.5. The summed E-state index contributed by atoms with van der Waals surface area (Å²) in [5, 5.41) is 57.2. The molecule has 0 unspecified atom stereocenters. The number of ketones is 2. The Balaban J connectivity index is 1.55. The fraction of sp³-hybridized carbons (Fsp3) is 0.638. The summed E-state index contributed by atoms with van der Waals surface area (Å²) in [6.45, 7) is 5.69. The number of aromatic amines is 1. The van der Waals surface area contributed by atoms with E-state index in [1.54, 1.807) is 19.9 Å². The van der Waals surface area contributed by atoms with Gasteiger partial charge in [0.05, 0.1) is 60.4 Å². The topological polar surface area (TPSA) is 372 Å². The zero-order chi connectivity index (χ0) is 52.6. The average Bonchev–Trinajstić information content (AvgIpc) is 3.92. The lowest BCUT2D eigenvalue weighted by atomic mass is 9.85. The number of amides is 7. The number of Topliss-reactive ketones (excluding diaryl/α,β-unsaturated/α-hetero) is 2. The van der Waals surface area contributed by atoms with E-state index < -0.39 is 158 Å². The van der Waals surface area contributed by atoms with Crippen LogP contribution < -0.4 is 43.0 Å². The summed E-state index contributed by atoms with van der Waals surface area (Å²) in [5.74, 6) is -12.3. The molecule has 0 radical (unpaired) electrons. The smallest absolute Gasteiger partial charge is 0.243 e. The molecule has 7 amide bonds. The van der Waals surface area contributed by atoms with Crippen molar-refractivity contribution >= 4 is 81.3 Å². The van der Waals surface area contributed by atoms with Gasteiger partial charge in [0, 0.05) is 94.5 Å². The third kappa shape index (κ3) is 13.2. The molecular formula is C47H69N11O13S. The van der Waals surface area contributed by atoms with E-state index in [2.05, 4.69) is 36.5 Å². The van der Waals surface area contributed by atoms with Crippen LogP contribution in [-0.2, 0) is 49.6 Å². The number of fused-ring (bicyclic) bond motifs is 5. The van der Waals surface area contributed by atoms with Crippen molar-refractivity contribution in [2.24, 2.45) is 35.1 Å². The zero-order valence-electron chi connectivity index (χ0n) is 40.8. The summed E-state index contributed by atoms with van der Waals surface area (Å²) in [5.41, 5.74) is 12.8. The number of hydrogen-bond acceptors (Lipinski definition) is 17. The van der Waals surface area contributed by atoms with E-state index in [1.165, 1.54) is 13.0 Å². The normalized spacial score (nSPS) is 27.5. The number of phenols is 1. The Kier molecular flexibility index (Phi) is 19.0. The maximum absolute atomic E-state index is 14.8. The van der Waals surface area contributed by atoms with Crippen molar-refractivity contribution in [2.45, 2.75) is 101 Å². The van der Waals surface area contributed by atoms with Gasteiger partial charge in [-0.15, -0.1) is 11.8 Å². The highest BCUT2D eigenvalue weighted by Gasteiger charge is 2.45. The number of thioether (sulfide) groups is 1. The van der Waals surface area contributed by atoms with Gasteiger partial charge in [-0.1, -0.05) is 27.2 Å². The van der Waals surface area contributed by atoms with Gasteiger partial charge in [-0.25, -0.2) is 0 Å². The van der Waals surface area contributed by atoms with Crippen molar-refractivity contribution in [2.75, 3.05) is 76.2 Å². The molecule has 25 heteroatoms. The number of nitrogens with one attached hydrogen (secondary N) is 6. The van der Waals surface area contributed by atoms with Gasteiger partial charge in [-0.3, -0.25) is 48.1 Å². The summed E-state index contributed by atoms with van der Waals surface area (Å²) in [7, 11) is 0. The van der Waals surface area contributed by atoms with E-state index in [0.717, 1.165) is 16.7 Å². The Morgan fingerprint density at radius 3 is 2.21 bits per heavy atom. The molecule has 396 valence electrons. The van der Waals surface area contributed by atoms with Crippen LogP contribution in [0.15, 0.2) is 17.2 Å². The quantitative estimate of drug-likeness (QED) is 0.109.